The van der Waals surface area contributed by atoms with Crippen LogP contribution >= 0.6 is 11.3 Å². The smallest absolute Gasteiger partial charge is 0.307 e. The van der Waals surface area contributed by atoms with Gasteiger partial charge in [-0.15, -0.1) is 0 Å². The number of nitrogens with zero attached hydrogens (tertiary/aromatic N) is 1. The lowest BCUT2D eigenvalue weighted by atomic mass is 10.1. The van der Waals surface area contributed by atoms with Gasteiger partial charge in [0.2, 0.25) is 5.91 Å². The van der Waals surface area contributed by atoms with Crippen LogP contribution in [0.1, 0.15) is 30.8 Å². The molecule has 0 aliphatic carbocycles. The summed E-state index contributed by atoms with van der Waals surface area (Å²) in [5.41, 5.74) is 6.30. The predicted octanol–water partition coefficient (Wildman–Crippen LogP) is 0.770. The Morgan fingerprint density at radius 3 is 2.50 bits per heavy atom. The molecule has 0 fully saturated rings. The molecule has 1 aromatic heterocycles. The van der Waals surface area contributed by atoms with E-state index >= 15 is 0 Å². The van der Waals surface area contributed by atoms with E-state index in [0.29, 0.717) is 19.5 Å². The number of thiazole rings is 1. The lowest BCUT2D eigenvalue weighted by molar-refractivity contribution is -0.121. The van der Waals surface area contributed by atoms with Crippen LogP contribution in [0.25, 0.3) is 0 Å². The fraction of sp³-hybridized carbons (Fsp3) is 0.667. The molecule has 0 unspecified atom stereocenters. The summed E-state index contributed by atoms with van der Waals surface area (Å²) in [6, 6.07) is 0. The van der Waals surface area contributed by atoms with Gasteiger partial charge in [-0.25, -0.2) is 0 Å². The minimum atomic E-state index is -0.415. The lowest BCUT2D eigenvalue weighted by Crippen LogP contribution is -2.45. The van der Waals surface area contributed by atoms with Crippen LogP contribution in [0.15, 0.2) is 4.79 Å². The first kappa shape index (κ1) is 14.9. The van der Waals surface area contributed by atoms with E-state index in [-0.39, 0.29) is 10.8 Å². The van der Waals surface area contributed by atoms with Crippen molar-refractivity contribution in [3.05, 3.63) is 20.2 Å². The van der Waals surface area contributed by atoms with Gasteiger partial charge in [0.25, 0.3) is 0 Å². The Bertz CT molecular complexity index is 482. The molecule has 18 heavy (non-hydrogen) atoms. The predicted molar refractivity (Wildman–Crippen MR) is 73.9 cm³/mol. The molecular formula is C12H21N3O2S. The van der Waals surface area contributed by atoms with Gasteiger partial charge in [-0.1, -0.05) is 11.3 Å². The average Bonchev–Trinajstić information content (AvgIpc) is 2.47. The van der Waals surface area contributed by atoms with Crippen molar-refractivity contribution in [2.75, 3.05) is 6.54 Å². The molecule has 5 nitrogen and oxygen atoms in total. The van der Waals surface area contributed by atoms with E-state index < -0.39 is 5.54 Å². The molecule has 0 aliphatic rings. The monoisotopic (exact) mass is 271 g/mol. The molecule has 1 rings (SSSR count). The van der Waals surface area contributed by atoms with Gasteiger partial charge in [-0.2, -0.15) is 0 Å². The first-order chi connectivity index (χ1) is 8.20. The SMILES string of the molecule is Cc1sc(=O)n(CCC(=O)NCC(C)(C)N)c1C. The van der Waals surface area contributed by atoms with Gasteiger partial charge in [0.05, 0.1) is 0 Å². The van der Waals surface area contributed by atoms with Crippen LogP contribution in [0.5, 0.6) is 0 Å². The number of carbonyl (C=O) groups excluding carboxylic acids is 1. The second-order valence-corrected chi connectivity index (χ2v) is 6.34. The highest BCUT2D eigenvalue weighted by molar-refractivity contribution is 7.09. The summed E-state index contributed by atoms with van der Waals surface area (Å²) in [5.74, 6) is -0.0799. The largest absolute Gasteiger partial charge is 0.354 e. The fourth-order valence-corrected chi connectivity index (χ4v) is 2.33. The molecule has 3 N–H and O–H groups in total. The molecule has 0 aliphatic heterocycles. The quantitative estimate of drug-likeness (QED) is 0.830. The molecule has 0 atom stereocenters. The van der Waals surface area contributed by atoms with Gasteiger partial charge in [-0.3, -0.25) is 9.59 Å². The number of aryl methyl sites for hydroxylation is 1. The van der Waals surface area contributed by atoms with Gasteiger partial charge >= 0.3 is 4.87 Å². The Labute approximate surface area is 111 Å². The number of nitrogens with one attached hydrogen (secondary N) is 1. The van der Waals surface area contributed by atoms with Gasteiger partial charge in [0, 0.05) is 35.6 Å². The zero-order valence-electron chi connectivity index (χ0n) is 11.4. The Kier molecular flexibility index (Phi) is 4.70. The molecule has 0 bridgehead atoms. The highest BCUT2D eigenvalue weighted by Gasteiger charge is 2.13. The van der Waals surface area contributed by atoms with Gasteiger partial charge in [0.15, 0.2) is 0 Å². The summed E-state index contributed by atoms with van der Waals surface area (Å²) < 4.78 is 1.65. The molecule has 1 amide bonds. The second kappa shape index (κ2) is 5.67. The maximum atomic E-state index is 11.6. The van der Waals surface area contributed by atoms with Crippen LogP contribution in [-0.4, -0.2) is 22.6 Å². The molecule has 6 heteroatoms. The van der Waals surface area contributed by atoms with Crippen LogP contribution in [0.3, 0.4) is 0 Å². The summed E-state index contributed by atoms with van der Waals surface area (Å²) in [6.45, 7) is 8.37. The third-order valence-electron chi connectivity index (χ3n) is 2.68. The van der Waals surface area contributed by atoms with Crippen molar-refractivity contribution < 1.29 is 4.79 Å². The minimum absolute atomic E-state index is 0.00282. The summed E-state index contributed by atoms with van der Waals surface area (Å²) in [4.78, 5) is 24.2. The molecule has 0 saturated heterocycles. The number of amides is 1. The average molecular weight is 271 g/mol. The molecule has 1 aromatic rings. The number of nitrogens with two attached hydrogens (primary N) is 1. The van der Waals surface area contributed by atoms with E-state index in [0.717, 1.165) is 10.6 Å². The van der Waals surface area contributed by atoms with Crippen LogP contribution in [0.2, 0.25) is 0 Å². The number of carbonyl (C=O) groups is 1. The lowest BCUT2D eigenvalue weighted by Gasteiger charge is -2.18. The van der Waals surface area contributed by atoms with Crippen molar-refractivity contribution in [1.29, 1.82) is 0 Å². The molecule has 0 spiro atoms. The third-order valence-corrected chi connectivity index (χ3v) is 3.68. The standard InChI is InChI=1S/C12H21N3O2S/c1-8-9(2)18-11(17)15(8)6-5-10(16)14-7-12(3,4)13/h5-7,13H2,1-4H3,(H,14,16). The molecule has 0 aromatic carbocycles. The summed E-state index contributed by atoms with van der Waals surface area (Å²) in [7, 11) is 0. The first-order valence-corrected chi connectivity index (χ1v) is 6.75. The van der Waals surface area contributed by atoms with Crippen LogP contribution in [-0.2, 0) is 11.3 Å². The first-order valence-electron chi connectivity index (χ1n) is 5.93. The van der Waals surface area contributed by atoms with Gasteiger partial charge in [0.1, 0.15) is 0 Å². The van der Waals surface area contributed by atoms with E-state index in [4.69, 9.17) is 5.73 Å². The Morgan fingerprint density at radius 2 is 2.06 bits per heavy atom. The normalized spacial score (nSPS) is 11.6. The van der Waals surface area contributed by atoms with E-state index in [1.165, 1.54) is 11.3 Å². The fourth-order valence-electron chi connectivity index (χ4n) is 1.47. The van der Waals surface area contributed by atoms with Crippen LogP contribution in [0, 0.1) is 13.8 Å². The maximum absolute atomic E-state index is 11.6. The number of hydrogen-bond acceptors (Lipinski definition) is 4. The maximum Gasteiger partial charge on any atom is 0.307 e. The van der Waals surface area contributed by atoms with E-state index in [1.807, 2.05) is 27.7 Å². The molecular weight excluding hydrogens is 250 g/mol. The minimum Gasteiger partial charge on any atom is -0.354 e. The number of hydrogen-bond donors (Lipinski definition) is 2. The van der Waals surface area contributed by atoms with Crippen molar-refractivity contribution in [2.24, 2.45) is 5.73 Å². The Balaban J connectivity index is 2.51. The summed E-state index contributed by atoms with van der Waals surface area (Å²) in [5, 5.41) is 2.76. The number of rotatable bonds is 5. The van der Waals surface area contributed by atoms with Gasteiger partial charge < -0.3 is 15.6 Å². The topological polar surface area (TPSA) is 77.1 Å². The Morgan fingerprint density at radius 1 is 1.44 bits per heavy atom. The highest BCUT2D eigenvalue weighted by atomic mass is 32.1. The molecule has 102 valence electrons. The van der Waals surface area contributed by atoms with Crippen LogP contribution < -0.4 is 15.9 Å². The number of aromatic nitrogens is 1. The van der Waals surface area contributed by atoms with Crippen molar-refractivity contribution in [3.63, 3.8) is 0 Å². The van der Waals surface area contributed by atoms with Crippen molar-refractivity contribution in [1.82, 2.24) is 9.88 Å². The van der Waals surface area contributed by atoms with E-state index in [9.17, 15) is 9.59 Å². The van der Waals surface area contributed by atoms with Crippen molar-refractivity contribution >= 4 is 17.2 Å². The van der Waals surface area contributed by atoms with Crippen molar-refractivity contribution in [2.45, 2.75) is 46.2 Å². The summed E-state index contributed by atoms with van der Waals surface area (Å²) >= 11 is 1.22. The Hall–Kier alpha value is -1.14. The van der Waals surface area contributed by atoms with Crippen LogP contribution in [0.4, 0.5) is 0 Å². The summed E-state index contributed by atoms with van der Waals surface area (Å²) in [6.07, 6.45) is 0.299. The van der Waals surface area contributed by atoms with Crippen molar-refractivity contribution in [3.8, 4) is 0 Å². The molecule has 0 radical (unpaired) electrons. The highest BCUT2D eigenvalue weighted by Crippen LogP contribution is 2.09. The zero-order valence-corrected chi connectivity index (χ0v) is 12.2. The van der Waals surface area contributed by atoms with E-state index in [2.05, 4.69) is 5.32 Å². The van der Waals surface area contributed by atoms with Gasteiger partial charge in [-0.05, 0) is 27.7 Å². The zero-order chi connectivity index (χ0) is 13.9. The van der Waals surface area contributed by atoms with E-state index in [1.54, 1.807) is 4.57 Å². The molecule has 1 heterocycles. The third kappa shape index (κ3) is 4.27. The molecule has 0 saturated carbocycles. The second-order valence-electron chi connectivity index (χ2n) is 5.18.